The Morgan fingerprint density at radius 2 is 1.50 bits per heavy atom. The Bertz CT molecular complexity index is 187. The average Bonchev–Trinajstić information content (AvgIpc) is 2.37. The molecule has 0 N–H and O–H groups in total. The van der Waals surface area contributed by atoms with Crippen LogP contribution in [0.4, 0.5) is 0 Å². The fraction of sp³-hybridized carbons (Fsp3) is 1.00. The van der Waals surface area contributed by atoms with Gasteiger partial charge in [0.25, 0.3) is 0 Å². The van der Waals surface area contributed by atoms with Crippen molar-refractivity contribution in [3.8, 4) is 0 Å². The zero-order valence-corrected chi connectivity index (χ0v) is 12.3. The van der Waals surface area contributed by atoms with Gasteiger partial charge in [0.1, 0.15) is 0 Å². The number of nitrogens with zero attached hydrogens (tertiary/aromatic N) is 1. The Labute approximate surface area is 101 Å². The molecule has 0 unspecified atom stereocenters. The van der Waals surface area contributed by atoms with Gasteiger partial charge in [0, 0.05) is 19.8 Å². The smallest absolute Gasteiger partial charge is 0.386 e. The van der Waals surface area contributed by atoms with Gasteiger partial charge in [-0.1, -0.05) is 33.1 Å². The van der Waals surface area contributed by atoms with Gasteiger partial charge in [0.05, 0.1) is 0 Å². The monoisotopic (exact) mass is 245 g/mol. The molecular formula is C12H27NO2Si. The Morgan fingerprint density at radius 1 is 1.00 bits per heavy atom. The molecule has 1 fully saturated rings. The van der Waals surface area contributed by atoms with Gasteiger partial charge in [-0.2, -0.15) is 0 Å². The third-order valence-corrected chi connectivity index (χ3v) is 8.20. The zero-order valence-electron chi connectivity index (χ0n) is 11.3. The summed E-state index contributed by atoms with van der Waals surface area (Å²) in [4.78, 5) is 0. The summed E-state index contributed by atoms with van der Waals surface area (Å²) in [7, 11) is 1.53. The standard InChI is InChI=1S/C12H27NO2Si/c1-5-13(6-2)16(14-3,15-4)12-10-8-7-9-11-12/h12H,5-11H2,1-4H3. The van der Waals surface area contributed by atoms with Crippen LogP contribution in [0.15, 0.2) is 0 Å². The van der Waals surface area contributed by atoms with Gasteiger partial charge in [-0.3, -0.25) is 4.57 Å². The van der Waals surface area contributed by atoms with Crippen LogP contribution in [0.3, 0.4) is 0 Å². The van der Waals surface area contributed by atoms with Crippen LogP contribution in [0.25, 0.3) is 0 Å². The summed E-state index contributed by atoms with van der Waals surface area (Å²) < 4.78 is 14.3. The Balaban J connectivity index is 2.83. The highest BCUT2D eigenvalue weighted by Crippen LogP contribution is 2.39. The van der Waals surface area contributed by atoms with Gasteiger partial charge < -0.3 is 8.85 Å². The summed E-state index contributed by atoms with van der Waals surface area (Å²) in [6, 6.07) is 0. The van der Waals surface area contributed by atoms with E-state index < -0.39 is 8.72 Å². The van der Waals surface area contributed by atoms with Gasteiger partial charge >= 0.3 is 8.72 Å². The van der Waals surface area contributed by atoms with Crippen LogP contribution in [-0.2, 0) is 8.85 Å². The Hall–Kier alpha value is 0.0969. The molecule has 1 aliphatic rings. The third kappa shape index (κ3) is 2.67. The van der Waals surface area contributed by atoms with Crippen molar-refractivity contribution in [2.45, 2.75) is 51.5 Å². The van der Waals surface area contributed by atoms with Crippen LogP contribution in [0.1, 0.15) is 46.0 Å². The van der Waals surface area contributed by atoms with E-state index in [2.05, 4.69) is 18.4 Å². The van der Waals surface area contributed by atoms with E-state index in [1.807, 2.05) is 14.2 Å². The highest BCUT2D eigenvalue weighted by atomic mass is 28.4. The van der Waals surface area contributed by atoms with Crippen molar-refractivity contribution >= 4 is 8.72 Å². The maximum absolute atomic E-state index is 5.91. The molecule has 16 heavy (non-hydrogen) atoms. The summed E-state index contributed by atoms with van der Waals surface area (Å²) in [5.41, 5.74) is 0.649. The molecule has 1 aliphatic carbocycles. The first-order valence-corrected chi connectivity index (χ1v) is 8.44. The number of hydrogen-bond donors (Lipinski definition) is 0. The molecule has 96 valence electrons. The van der Waals surface area contributed by atoms with Gasteiger partial charge in [-0.25, -0.2) is 0 Å². The molecule has 0 atom stereocenters. The second-order valence-corrected chi connectivity index (χ2v) is 8.07. The van der Waals surface area contributed by atoms with Crippen molar-refractivity contribution in [1.29, 1.82) is 0 Å². The third-order valence-electron chi connectivity index (χ3n) is 3.91. The Kier molecular flexibility index (Phi) is 5.96. The van der Waals surface area contributed by atoms with E-state index in [0.29, 0.717) is 5.54 Å². The van der Waals surface area contributed by atoms with Crippen LogP contribution in [0.2, 0.25) is 5.54 Å². The average molecular weight is 245 g/mol. The van der Waals surface area contributed by atoms with Crippen molar-refractivity contribution in [2.75, 3.05) is 27.3 Å². The largest absolute Gasteiger partial charge is 0.430 e. The normalized spacial score (nSPS) is 19.3. The van der Waals surface area contributed by atoms with Crippen LogP contribution >= 0.6 is 0 Å². The van der Waals surface area contributed by atoms with E-state index >= 15 is 0 Å². The van der Waals surface area contributed by atoms with E-state index in [-0.39, 0.29) is 0 Å². The molecule has 0 aromatic carbocycles. The zero-order chi connectivity index (χ0) is 12.0. The molecule has 0 saturated heterocycles. The second-order valence-electron chi connectivity index (χ2n) is 4.55. The fourth-order valence-electron chi connectivity index (χ4n) is 3.06. The SMILES string of the molecule is CCN(CC)[Si](OC)(OC)C1CCCCC1. The lowest BCUT2D eigenvalue weighted by Crippen LogP contribution is -2.60. The van der Waals surface area contributed by atoms with Crippen molar-refractivity contribution in [3.05, 3.63) is 0 Å². The predicted octanol–water partition coefficient (Wildman–Crippen LogP) is 2.89. The molecule has 0 aromatic heterocycles. The molecule has 0 bridgehead atoms. The first-order chi connectivity index (χ1) is 7.75. The van der Waals surface area contributed by atoms with Crippen LogP contribution in [0.5, 0.6) is 0 Å². The lowest BCUT2D eigenvalue weighted by Gasteiger charge is -2.43. The summed E-state index contributed by atoms with van der Waals surface area (Å²) >= 11 is 0. The lowest BCUT2D eigenvalue weighted by molar-refractivity contribution is 0.146. The summed E-state index contributed by atoms with van der Waals surface area (Å²) in [5, 5.41) is 0. The highest BCUT2D eigenvalue weighted by molar-refractivity contribution is 6.66. The Morgan fingerprint density at radius 3 is 1.88 bits per heavy atom. The maximum atomic E-state index is 5.91. The molecule has 4 heteroatoms. The fourth-order valence-corrected chi connectivity index (χ4v) is 6.95. The molecule has 1 saturated carbocycles. The van der Waals surface area contributed by atoms with Crippen LogP contribution in [-0.4, -0.2) is 40.6 Å². The van der Waals surface area contributed by atoms with E-state index in [4.69, 9.17) is 8.85 Å². The van der Waals surface area contributed by atoms with E-state index in [0.717, 1.165) is 13.1 Å². The molecule has 1 rings (SSSR count). The molecule has 0 radical (unpaired) electrons. The molecule has 3 nitrogen and oxygen atoms in total. The van der Waals surface area contributed by atoms with Gasteiger partial charge in [-0.05, 0) is 25.9 Å². The molecule has 0 amide bonds. The minimum Gasteiger partial charge on any atom is -0.386 e. The molecule has 0 spiro atoms. The summed E-state index contributed by atoms with van der Waals surface area (Å²) in [5.74, 6) is 0. The predicted molar refractivity (Wildman–Crippen MR) is 69.5 cm³/mol. The molecule has 0 heterocycles. The molecule has 0 aromatic rings. The summed E-state index contributed by atoms with van der Waals surface area (Å²) in [6.45, 7) is 6.46. The lowest BCUT2D eigenvalue weighted by atomic mass is 10.0. The van der Waals surface area contributed by atoms with Crippen molar-refractivity contribution in [3.63, 3.8) is 0 Å². The first kappa shape index (κ1) is 14.2. The van der Waals surface area contributed by atoms with Gasteiger partial charge in [0.2, 0.25) is 0 Å². The van der Waals surface area contributed by atoms with E-state index in [9.17, 15) is 0 Å². The van der Waals surface area contributed by atoms with Crippen molar-refractivity contribution < 1.29 is 8.85 Å². The van der Waals surface area contributed by atoms with Crippen LogP contribution in [0, 0.1) is 0 Å². The maximum Gasteiger partial charge on any atom is 0.430 e. The second kappa shape index (κ2) is 6.74. The molecular weight excluding hydrogens is 218 g/mol. The number of rotatable bonds is 6. The minimum absolute atomic E-state index is 0.649. The van der Waals surface area contributed by atoms with Gasteiger partial charge in [-0.15, -0.1) is 0 Å². The van der Waals surface area contributed by atoms with Crippen LogP contribution < -0.4 is 0 Å². The number of hydrogen-bond acceptors (Lipinski definition) is 3. The van der Waals surface area contributed by atoms with Gasteiger partial charge in [0.15, 0.2) is 0 Å². The molecule has 0 aliphatic heterocycles. The van der Waals surface area contributed by atoms with E-state index in [1.165, 1.54) is 32.1 Å². The van der Waals surface area contributed by atoms with Crippen molar-refractivity contribution in [2.24, 2.45) is 0 Å². The summed E-state index contributed by atoms with van der Waals surface area (Å²) in [6.07, 6.45) is 6.63. The quantitative estimate of drug-likeness (QED) is 0.672. The van der Waals surface area contributed by atoms with Crippen molar-refractivity contribution in [1.82, 2.24) is 4.57 Å². The first-order valence-electron chi connectivity index (χ1n) is 6.60. The minimum atomic E-state index is -2.14. The topological polar surface area (TPSA) is 21.7 Å². The van der Waals surface area contributed by atoms with E-state index in [1.54, 1.807) is 0 Å². The highest BCUT2D eigenvalue weighted by Gasteiger charge is 2.49.